The molecule has 4 nitrogen and oxygen atoms in total. The molecule has 0 saturated carbocycles. The first-order valence-electron chi connectivity index (χ1n) is 4.90. The SMILES string of the molecule is CCCCCNC(=O)c1cccnn1. The average Bonchev–Trinajstić information content (AvgIpc) is 2.25. The van der Waals surface area contributed by atoms with Crippen LogP contribution in [0.2, 0.25) is 0 Å². The maximum absolute atomic E-state index is 11.4. The highest BCUT2D eigenvalue weighted by atomic mass is 16.1. The number of rotatable bonds is 5. The van der Waals surface area contributed by atoms with Gasteiger partial charge in [-0.15, -0.1) is 5.10 Å². The Morgan fingerprint density at radius 1 is 1.50 bits per heavy atom. The average molecular weight is 193 g/mol. The molecule has 0 aliphatic rings. The Balaban J connectivity index is 2.29. The van der Waals surface area contributed by atoms with E-state index in [0.717, 1.165) is 19.3 Å². The molecule has 0 saturated heterocycles. The molecule has 0 aliphatic heterocycles. The number of nitrogens with zero attached hydrogens (tertiary/aromatic N) is 2. The summed E-state index contributed by atoms with van der Waals surface area (Å²) < 4.78 is 0. The normalized spacial score (nSPS) is 9.79. The number of carbonyl (C=O) groups is 1. The van der Waals surface area contributed by atoms with Crippen LogP contribution in [0.25, 0.3) is 0 Å². The second-order valence-corrected chi connectivity index (χ2v) is 3.07. The van der Waals surface area contributed by atoms with E-state index in [9.17, 15) is 4.79 Å². The third-order valence-electron chi connectivity index (χ3n) is 1.87. The first-order chi connectivity index (χ1) is 6.84. The van der Waals surface area contributed by atoms with Crippen LogP contribution in [0, 0.1) is 0 Å². The summed E-state index contributed by atoms with van der Waals surface area (Å²) in [5.74, 6) is -0.144. The fourth-order valence-corrected chi connectivity index (χ4v) is 1.09. The van der Waals surface area contributed by atoms with E-state index in [0.29, 0.717) is 12.2 Å². The Morgan fingerprint density at radius 3 is 3.00 bits per heavy atom. The first kappa shape index (κ1) is 10.6. The predicted octanol–water partition coefficient (Wildman–Crippen LogP) is 1.40. The molecule has 0 spiro atoms. The molecule has 0 atom stereocenters. The highest BCUT2D eigenvalue weighted by Gasteiger charge is 2.04. The minimum atomic E-state index is -0.144. The molecule has 1 rings (SSSR count). The van der Waals surface area contributed by atoms with Crippen LogP contribution in [0.1, 0.15) is 36.7 Å². The van der Waals surface area contributed by atoms with Crippen LogP contribution in [0.15, 0.2) is 18.3 Å². The van der Waals surface area contributed by atoms with Crippen molar-refractivity contribution in [3.8, 4) is 0 Å². The van der Waals surface area contributed by atoms with Gasteiger partial charge >= 0.3 is 0 Å². The van der Waals surface area contributed by atoms with Gasteiger partial charge in [-0.3, -0.25) is 4.79 Å². The lowest BCUT2D eigenvalue weighted by Gasteiger charge is -2.02. The van der Waals surface area contributed by atoms with Crippen molar-refractivity contribution in [2.75, 3.05) is 6.54 Å². The van der Waals surface area contributed by atoms with Crippen molar-refractivity contribution in [3.05, 3.63) is 24.0 Å². The molecule has 1 aromatic rings. The quantitative estimate of drug-likeness (QED) is 0.719. The van der Waals surface area contributed by atoms with E-state index in [4.69, 9.17) is 0 Å². The predicted molar refractivity (Wildman–Crippen MR) is 53.9 cm³/mol. The molecule has 1 aromatic heterocycles. The molecular formula is C10H15N3O. The zero-order valence-electron chi connectivity index (χ0n) is 8.36. The van der Waals surface area contributed by atoms with Gasteiger partial charge in [0, 0.05) is 12.7 Å². The molecule has 1 heterocycles. The second-order valence-electron chi connectivity index (χ2n) is 3.07. The van der Waals surface area contributed by atoms with Crippen molar-refractivity contribution < 1.29 is 4.79 Å². The number of amides is 1. The summed E-state index contributed by atoms with van der Waals surface area (Å²) in [6, 6.07) is 3.36. The van der Waals surface area contributed by atoms with Gasteiger partial charge in [-0.2, -0.15) is 5.10 Å². The summed E-state index contributed by atoms with van der Waals surface area (Å²) in [5, 5.41) is 10.1. The van der Waals surface area contributed by atoms with Crippen LogP contribution in [-0.2, 0) is 0 Å². The number of hydrogen-bond donors (Lipinski definition) is 1. The van der Waals surface area contributed by atoms with Gasteiger partial charge in [0.2, 0.25) is 0 Å². The topological polar surface area (TPSA) is 54.9 Å². The van der Waals surface area contributed by atoms with Gasteiger partial charge in [-0.1, -0.05) is 19.8 Å². The van der Waals surface area contributed by atoms with Crippen molar-refractivity contribution in [1.29, 1.82) is 0 Å². The molecule has 0 radical (unpaired) electrons. The van der Waals surface area contributed by atoms with Gasteiger partial charge in [0.05, 0.1) is 0 Å². The summed E-state index contributed by atoms with van der Waals surface area (Å²) in [5.41, 5.74) is 0.379. The standard InChI is InChI=1S/C10H15N3O/c1-2-3-4-7-11-10(14)9-6-5-8-12-13-9/h5-6,8H,2-4,7H2,1H3,(H,11,14). The fraction of sp³-hybridized carbons (Fsp3) is 0.500. The van der Waals surface area contributed by atoms with Gasteiger partial charge in [-0.25, -0.2) is 0 Å². The van der Waals surface area contributed by atoms with Crippen LogP contribution in [0.3, 0.4) is 0 Å². The Kier molecular flexibility index (Phi) is 4.61. The third kappa shape index (κ3) is 3.51. The Bertz CT molecular complexity index is 274. The van der Waals surface area contributed by atoms with Crippen LogP contribution in [0.4, 0.5) is 0 Å². The van der Waals surface area contributed by atoms with E-state index in [1.165, 1.54) is 0 Å². The summed E-state index contributed by atoms with van der Waals surface area (Å²) in [7, 11) is 0. The van der Waals surface area contributed by atoms with E-state index < -0.39 is 0 Å². The van der Waals surface area contributed by atoms with Crippen LogP contribution >= 0.6 is 0 Å². The lowest BCUT2D eigenvalue weighted by Crippen LogP contribution is -2.25. The number of aromatic nitrogens is 2. The largest absolute Gasteiger partial charge is 0.351 e. The van der Waals surface area contributed by atoms with Gasteiger partial charge in [0.15, 0.2) is 5.69 Å². The van der Waals surface area contributed by atoms with Crippen molar-refractivity contribution in [2.45, 2.75) is 26.2 Å². The molecule has 4 heteroatoms. The zero-order chi connectivity index (χ0) is 10.2. The van der Waals surface area contributed by atoms with Crippen LogP contribution in [0.5, 0.6) is 0 Å². The summed E-state index contributed by atoms with van der Waals surface area (Å²) in [4.78, 5) is 11.4. The van der Waals surface area contributed by atoms with Crippen molar-refractivity contribution in [2.24, 2.45) is 0 Å². The van der Waals surface area contributed by atoms with E-state index in [1.54, 1.807) is 18.3 Å². The number of carbonyl (C=O) groups excluding carboxylic acids is 1. The first-order valence-corrected chi connectivity index (χ1v) is 4.90. The van der Waals surface area contributed by atoms with E-state index in [1.807, 2.05) is 0 Å². The smallest absolute Gasteiger partial charge is 0.271 e. The molecule has 0 unspecified atom stereocenters. The van der Waals surface area contributed by atoms with Crippen LogP contribution < -0.4 is 5.32 Å². The van der Waals surface area contributed by atoms with Crippen LogP contribution in [-0.4, -0.2) is 22.6 Å². The minimum Gasteiger partial charge on any atom is -0.351 e. The molecule has 0 fully saturated rings. The molecule has 0 aliphatic carbocycles. The maximum atomic E-state index is 11.4. The highest BCUT2D eigenvalue weighted by molar-refractivity contribution is 5.91. The van der Waals surface area contributed by atoms with Gasteiger partial charge in [0.25, 0.3) is 5.91 Å². The van der Waals surface area contributed by atoms with E-state index in [-0.39, 0.29) is 5.91 Å². The summed E-state index contributed by atoms with van der Waals surface area (Å²) in [6.45, 7) is 2.84. The van der Waals surface area contributed by atoms with E-state index >= 15 is 0 Å². The highest BCUT2D eigenvalue weighted by Crippen LogP contribution is 1.93. The Hall–Kier alpha value is -1.45. The van der Waals surface area contributed by atoms with Gasteiger partial charge in [0.1, 0.15) is 0 Å². The van der Waals surface area contributed by atoms with Crippen molar-refractivity contribution >= 4 is 5.91 Å². The Labute approximate surface area is 83.7 Å². The third-order valence-corrected chi connectivity index (χ3v) is 1.87. The molecule has 1 amide bonds. The van der Waals surface area contributed by atoms with E-state index in [2.05, 4.69) is 22.4 Å². The number of hydrogen-bond acceptors (Lipinski definition) is 3. The zero-order valence-corrected chi connectivity index (χ0v) is 8.36. The lowest BCUT2D eigenvalue weighted by atomic mass is 10.2. The Morgan fingerprint density at radius 2 is 2.36 bits per heavy atom. The van der Waals surface area contributed by atoms with Gasteiger partial charge < -0.3 is 5.32 Å². The fourth-order valence-electron chi connectivity index (χ4n) is 1.09. The number of nitrogens with one attached hydrogen (secondary N) is 1. The minimum absolute atomic E-state index is 0.144. The summed E-state index contributed by atoms with van der Waals surface area (Å²) >= 11 is 0. The molecule has 0 bridgehead atoms. The molecular weight excluding hydrogens is 178 g/mol. The molecule has 1 N–H and O–H groups in total. The molecule has 0 aromatic carbocycles. The summed E-state index contributed by atoms with van der Waals surface area (Å²) in [6.07, 6.45) is 4.86. The maximum Gasteiger partial charge on any atom is 0.271 e. The monoisotopic (exact) mass is 193 g/mol. The molecule has 14 heavy (non-hydrogen) atoms. The molecule has 76 valence electrons. The lowest BCUT2D eigenvalue weighted by molar-refractivity contribution is 0.0947. The second kappa shape index (κ2) is 6.07. The number of unbranched alkanes of at least 4 members (excludes halogenated alkanes) is 2. The van der Waals surface area contributed by atoms with Crippen molar-refractivity contribution in [1.82, 2.24) is 15.5 Å². The van der Waals surface area contributed by atoms with Gasteiger partial charge in [-0.05, 0) is 18.6 Å². The van der Waals surface area contributed by atoms with Crippen molar-refractivity contribution in [3.63, 3.8) is 0 Å².